The molecule has 1 aliphatic carbocycles. The van der Waals surface area contributed by atoms with Crippen LogP contribution in [0.25, 0.3) is 0 Å². The Morgan fingerprint density at radius 3 is 2.32 bits per heavy atom. The number of sulfonamides is 1. The number of hydrogen-bond acceptors (Lipinski definition) is 3. The van der Waals surface area contributed by atoms with Gasteiger partial charge >= 0.3 is 0 Å². The second kappa shape index (κ2) is 5.43. The minimum absolute atomic E-state index is 0.124. The number of carbonyl (C=O) groups excluding carboxylic acids is 1. The van der Waals surface area contributed by atoms with Gasteiger partial charge in [0.25, 0.3) is 0 Å². The molecule has 0 heterocycles. The number of benzene rings is 1. The summed E-state index contributed by atoms with van der Waals surface area (Å²) in [5, 5.41) is 0. The van der Waals surface area contributed by atoms with Gasteiger partial charge in [-0.3, -0.25) is 4.79 Å². The highest BCUT2D eigenvalue weighted by Gasteiger charge is 2.30. The van der Waals surface area contributed by atoms with Gasteiger partial charge in [-0.1, -0.05) is 26.0 Å². The predicted molar refractivity (Wildman–Crippen MR) is 73.5 cm³/mol. The molecule has 0 amide bonds. The fourth-order valence-electron chi connectivity index (χ4n) is 1.74. The van der Waals surface area contributed by atoms with Gasteiger partial charge in [0.2, 0.25) is 10.0 Å². The van der Waals surface area contributed by atoms with Crippen molar-refractivity contribution in [3.05, 3.63) is 29.8 Å². The number of carbonyl (C=O) groups is 1. The van der Waals surface area contributed by atoms with E-state index in [1.54, 1.807) is 12.1 Å². The molecule has 0 radical (unpaired) electrons. The van der Waals surface area contributed by atoms with E-state index in [4.69, 9.17) is 0 Å². The summed E-state index contributed by atoms with van der Waals surface area (Å²) in [4.78, 5) is 12.0. The summed E-state index contributed by atoms with van der Waals surface area (Å²) in [6, 6.07) is 6.20. The number of hydrogen-bond donors (Lipinski definition) is 1. The highest BCUT2D eigenvalue weighted by Crippen LogP contribution is 2.32. The molecule has 1 aromatic rings. The summed E-state index contributed by atoms with van der Waals surface area (Å²) in [6.45, 7) is 4.30. The van der Waals surface area contributed by atoms with Gasteiger partial charge in [-0.15, -0.1) is 0 Å². The van der Waals surface area contributed by atoms with E-state index in [-0.39, 0.29) is 22.5 Å². The molecule has 4 nitrogen and oxygen atoms in total. The third-order valence-corrected chi connectivity index (χ3v) is 4.52. The van der Waals surface area contributed by atoms with Crippen LogP contribution in [0, 0.1) is 11.8 Å². The second-order valence-corrected chi connectivity index (χ2v) is 7.18. The smallest absolute Gasteiger partial charge is 0.240 e. The van der Waals surface area contributed by atoms with Gasteiger partial charge in [0.1, 0.15) is 0 Å². The number of rotatable bonds is 6. The first kappa shape index (κ1) is 14.2. The molecule has 1 fully saturated rings. The Morgan fingerprint density at radius 2 is 1.84 bits per heavy atom. The van der Waals surface area contributed by atoms with Crippen LogP contribution in [0.4, 0.5) is 0 Å². The van der Waals surface area contributed by atoms with E-state index >= 15 is 0 Å². The quantitative estimate of drug-likeness (QED) is 0.813. The third kappa shape index (κ3) is 3.64. The van der Waals surface area contributed by atoms with E-state index in [0.717, 1.165) is 12.8 Å². The van der Waals surface area contributed by atoms with Gasteiger partial charge in [-0.25, -0.2) is 13.1 Å². The Labute approximate surface area is 114 Å². The summed E-state index contributed by atoms with van der Waals surface area (Å²) < 4.78 is 26.5. The van der Waals surface area contributed by atoms with Crippen LogP contribution in [0.15, 0.2) is 29.2 Å². The molecule has 1 aliphatic rings. The lowest BCUT2D eigenvalue weighted by Crippen LogP contribution is -2.27. The molecule has 5 heteroatoms. The third-order valence-electron chi connectivity index (χ3n) is 3.08. The summed E-state index contributed by atoms with van der Waals surface area (Å²) in [5.74, 6) is 0.533. The van der Waals surface area contributed by atoms with E-state index < -0.39 is 10.0 Å². The molecule has 1 aromatic carbocycles. The highest BCUT2D eigenvalue weighted by atomic mass is 32.2. The van der Waals surface area contributed by atoms with Gasteiger partial charge < -0.3 is 0 Å². The van der Waals surface area contributed by atoms with Gasteiger partial charge in [0, 0.05) is 18.0 Å². The summed E-state index contributed by atoms with van der Waals surface area (Å²) in [7, 11) is -3.46. The molecule has 0 atom stereocenters. The number of nitrogens with one attached hydrogen (secondary N) is 1. The van der Waals surface area contributed by atoms with Crippen LogP contribution in [0.1, 0.15) is 37.0 Å². The zero-order valence-electron chi connectivity index (χ0n) is 11.2. The molecule has 19 heavy (non-hydrogen) atoms. The maximum atomic E-state index is 12.0. The van der Waals surface area contributed by atoms with Gasteiger partial charge in [-0.2, -0.15) is 0 Å². The number of Topliss-reactive ketones (excluding diaryl/α,β-unsaturated/α-hetero) is 1. The molecule has 0 unspecified atom stereocenters. The van der Waals surface area contributed by atoms with Gasteiger partial charge in [0.15, 0.2) is 5.78 Å². The zero-order chi connectivity index (χ0) is 14.0. The van der Waals surface area contributed by atoms with E-state index in [9.17, 15) is 13.2 Å². The van der Waals surface area contributed by atoms with Crippen LogP contribution in [-0.4, -0.2) is 20.7 Å². The van der Waals surface area contributed by atoms with E-state index in [2.05, 4.69) is 4.72 Å². The molecular formula is C14H19NO3S. The minimum atomic E-state index is -3.46. The largest absolute Gasteiger partial charge is 0.294 e. The first-order chi connectivity index (χ1) is 8.90. The normalized spacial score (nSPS) is 15.7. The van der Waals surface area contributed by atoms with Crippen molar-refractivity contribution < 1.29 is 13.2 Å². The predicted octanol–water partition coefficient (Wildman–Crippen LogP) is 2.21. The Hall–Kier alpha value is -1.20. The molecule has 0 spiro atoms. The van der Waals surface area contributed by atoms with Gasteiger partial charge in [0.05, 0.1) is 4.90 Å². The molecule has 2 rings (SSSR count). The van der Waals surface area contributed by atoms with Crippen LogP contribution in [0.5, 0.6) is 0 Å². The lowest BCUT2D eigenvalue weighted by molar-refractivity contribution is 0.0967. The Bertz CT molecular complexity index is 557. The molecule has 0 aliphatic heterocycles. The molecule has 0 bridgehead atoms. The maximum absolute atomic E-state index is 12.0. The van der Waals surface area contributed by atoms with Crippen molar-refractivity contribution in [1.82, 2.24) is 4.72 Å². The fraction of sp³-hybridized carbons (Fsp3) is 0.500. The van der Waals surface area contributed by atoms with Crippen LogP contribution < -0.4 is 4.72 Å². The lowest BCUT2D eigenvalue weighted by Gasteiger charge is -2.09. The van der Waals surface area contributed by atoms with Crippen molar-refractivity contribution in [3.8, 4) is 0 Å². The van der Waals surface area contributed by atoms with Crippen molar-refractivity contribution >= 4 is 15.8 Å². The molecule has 104 valence electrons. The molecule has 0 aromatic heterocycles. The summed E-state index contributed by atoms with van der Waals surface area (Å²) in [6.07, 6.45) is 1.91. The van der Waals surface area contributed by atoms with Crippen LogP contribution >= 0.6 is 0 Å². The van der Waals surface area contributed by atoms with Crippen LogP contribution in [0.2, 0.25) is 0 Å². The van der Waals surface area contributed by atoms with Gasteiger partial charge in [-0.05, 0) is 30.9 Å². The highest BCUT2D eigenvalue weighted by molar-refractivity contribution is 7.89. The summed E-state index contributed by atoms with van der Waals surface area (Å²) in [5.41, 5.74) is 0.602. The Balaban J connectivity index is 2.10. The first-order valence-corrected chi connectivity index (χ1v) is 8.02. The Kier molecular flexibility index (Phi) is 4.06. The van der Waals surface area contributed by atoms with Crippen molar-refractivity contribution in [3.63, 3.8) is 0 Å². The average molecular weight is 281 g/mol. The van der Waals surface area contributed by atoms with Crippen molar-refractivity contribution in [1.29, 1.82) is 0 Å². The maximum Gasteiger partial charge on any atom is 0.240 e. The van der Waals surface area contributed by atoms with Crippen LogP contribution in [0.3, 0.4) is 0 Å². The number of ketones is 1. The molecular weight excluding hydrogens is 262 g/mol. The van der Waals surface area contributed by atoms with E-state index in [0.29, 0.717) is 12.1 Å². The van der Waals surface area contributed by atoms with E-state index in [1.807, 2.05) is 13.8 Å². The van der Waals surface area contributed by atoms with Crippen molar-refractivity contribution in [2.24, 2.45) is 11.8 Å². The monoisotopic (exact) mass is 281 g/mol. The first-order valence-electron chi connectivity index (χ1n) is 6.54. The average Bonchev–Trinajstić information content (AvgIpc) is 3.20. The minimum Gasteiger partial charge on any atom is -0.294 e. The fourth-order valence-corrected chi connectivity index (χ4v) is 2.95. The van der Waals surface area contributed by atoms with E-state index in [1.165, 1.54) is 12.1 Å². The topological polar surface area (TPSA) is 63.2 Å². The lowest BCUT2D eigenvalue weighted by atomic mass is 10.1. The molecule has 1 saturated carbocycles. The zero-order valence-corrected chi connectivity index (χ0v) is 12.0. The standard InChI is InChI=1S/C14H19NO3S/c1-10(2)9-15-19(17,18)13-7-5-12(6-8-13)14(16)11-3-4-11/h5-8,10-11,15H,3-4,9H2,1-2H3. The SMILES string of the molecule is CC(C)CNS(=O)(=O)c1ccc(C(=O)C2CC2)cc1. The molecule has 0 saturated heterocycles. The summed E-state index contributed by atoms with van der Waals surface area (Å²) >= 11 is 0. The molecule has 1 N–H and O–H groups in total. The Morgan fingerprint density at radius 1 is 1.26 bits per heavy atom. The van der Waals surface area contributed by atoms with Crippen molar-refractivity contribution in [2.45, 2.75) is 31.6 Å². The second-order valence-electron chi connectivity index (χ2n) is 5.41. The van der Waals surface area contributed by atoms with Crippen LogP contribution in [-0.2, 0) is 10.0 Å². The van der Waals surface area contributed by atoms with Crippen molar-refractivity contribution in [2.75, 3.05) is 6.54 Å².